The second-order valence-electron chi connectivity index (χ2n) is 9.67. The van der Waals surface area contributed by atoms with Crippen molar-refractivity contribution in [3.05, 3.63) is 63.3 Å². The van der Waals surface area contributed by atoms with Crippen LogP contribution in [0.1, 0.15) is 52.1 Å². The number of carbonyl (C=O) groups is 2. The van der Waals surface area contributed by atoms with Crippen LogP contribution < -0.4 is 15.5 Å². The second-order valence-corrected chi connectivity index (χ2v) is 10.5. The van der Waals surface area contributed by atoms with E-state index in [4.69, 9.17) is 23.2 Å². The maximum absolute atomic E-state index is 13.6. The number of nitrogens with one attached hydrogen (secondary N) is 2. The van der Waals surface area contributed by atoms with E-state index in [-0.39, 0.29) is 23.0 Å². The second kappa shape index (κ2) is 8.58. The van der Waals surface area contributed by atoms with Gasteiger partial charge in [0.25, 0.3) is 0 Å². The van der Waals surface area contributed by atoms with Crippen molar-refractivity contribution >= 4 is 46.4 Å². The first-order chi connectivity index (χ1) is 15.5. The number of urea groups is 1. The molecular formula is C25H27Cl2N3O3. The topological polar surface area (TPSA) is 81.7 Å². The van der Waals surface area contributed by atoms with Gasteiger partial charge in [-0.3, -0.25) is 9.69 Å². The van der Waals surface area contributed by atoms with E-state index >= 15 is 0 Å². The van der Waals surface area contributed by atoms with Gasteiger partial charge in [-0.15, -0.1) is 0 Å². The molecule has 1 heterocycles. The molecule has 2 aliphatic rings. The van der Waals surface area contributed by atoms with E-state index in [0.29, 0.717) is 51.1 Å². The predicted molar refractivity (Wildman–Crippen MR) is 132 cm³/mol. The number of amides is 2. The van der Waals surface area contributed by atoms with E-state index in [2.05, 4.69) is 10.6 Å². The normalized spacial score (nSPS) is 19.5. The number of para-hydroxylation sites is 1. The number of anilines is 2. The molecule has 33 heavy (non-hydrogen) atoms. The van der Waals surface area contributed by atoms with Crippen molar-refractivity contribution in [1.82, 2.24) is 5.32 Å². The molecule has 0 saturated heterocycles. The smallest absolute Gasteiger partial charge is 0.323 e. The molecule has 0 saturated carbocycles. The summed E-state index contributed by atoms with van der Waals surface area (Å²) >= 11 is 12.8. The van der Waals surface area contributed by atoms with Crippen molar-refractivity contribution in [1.29, 1.82) is 0 Å². The molecule has 6 nitrogen and oxygen atoms in total. The third-order valence-corrected chi connectivity index (χ3v) is 6.46. The van der Waals surface area contributed by atoms with Gasteiger partial charge in [-0.25, -0.2) is 4.79 Å². The summed E-state index contributed by atoms with van der Waals surface area (Å²) in [6, 6.07) is 8.66. The Bertz CT molecular complexity index is 1170. The number of fused-ring (bicyclic) bond motifs is 1. The van der Waals surface area contributed by atoms with Crippen LogP contribution in [-0.4, -0.2) is 23.0 Å². The first-order valence-corrected chi connectivity index (χ1v) is 11.6. The highest BCUT2D eigenvalue weighted by atomic mass is 35.5. The van der Waals surface area contributed by atoms with Gasteiger partial charge in [0.2, 0.25) is 0 Å². The summed E-state index contributed by atoms with van der Waals surface area (Å²) in [5.41, 5.74) is 2.27. The molecule has 4 rings (SSSR count). The summed E-state index contributed by atoms with van der Waals surface area (Å²) < 4.78 is 0. The van der Waals surface area contributed by atoms with Gasteiger partial charge in [0.15, 0.2) is 5.78 Å². The number of phenolic OH excluding ortho intramolecular Hbond substituents is 1. The average Bonchev–Trinajstić information content (AvgIpc) is 2.82. The minimum atomic E-state index is -0.803. The van der Waals surface area contributed by atoms with E-state index < -0.39 is 12.1 Å². The van der Waals surface area contributed by atoms with Gasteiger partial charge < -0.3 is 15.7 Å². The Morgan fingerprint density at radius 2 is 1.94 bits per heavy atom. The maximum atomic E-state index is 13.6. The first-order valence-electron chi connectivity index (χ1n) is 10.9. The third kappa shape index (κ3) is 4.42. The van der Waals surface area contributed by atoms with Gasteiger partial charge in [0.05, 0.1) is 11.7 Å². The number of hydrogen-bond acceptors (Lipinski definition) is 4. The molecule has 174 valence electrons. The molecule has 1 unspecified atom stereocenters. The van der Waals surface area contributed by atoms with E-state index in [1.165, 1.54) is 4.90 Å². The monoisotopic (exact) mass is 487 g/mol. The summed E-state index contributed by atoms with van der Waals surface area (Å²) in [7, 11) is 0. The summed E-state index contributed by atoms with van der Waals surface area (Å²) in [4.78, 5) is 28.7. The minimum Gasteiger partial charge on any atom is -0.506 e. The fourth-order valence-corrected chi connectivity index (χ4v) is 5.11. The van der Waals surface area contributed by atoms with Crippen LogP contribution >= 0.6 is 23.2 Å². The number of ketones is 1. The fourth-order valence-electron chi connectivity index (χ4n) is 4.60. The number of halogens is 2. The van der Waals surface area contributed by atoms with Gasteiger partial charge in [-0.2, -0.15) is 0 Å². The molecule has 0 bridgehead atoms. The summed E-state index contributed by atoms with van der Waals surface area (Å²) in [6.07, 6.45) is 0.903. The molecule has 1 atom stereocenters. The molecule has 2 aromatic carbocycles. The number of phenols is 1. The Kier molecular flexibility index (Phi) is 6.10. The number of nitrogens with zero attached hydrogens (tertiary/aromatic N) is 1. The summed E-state index contributed by atoms with van der Waals surface area (Å²) in [5.74, 6) is -0.0835. The van der Waals surface area contributed by atoms with Crippen LogP contribution in [0.15, 0.2) is 47.7 Å². The van der Waals surface area contributed by atoms with Crippen molar-refractivity contribution < 1.29 is 14.7 Å². The lowest BCUT2D eigenvalue weighted by Gasteiger charge is -2.37. The van der Waals surface area contributed by atoms with Crippen LogP contribution in [0, 0.1) is 5.41 Å². The van der Waals surface area contributed by atoms with Crippen molar-refractivity contribution in [2.75, 3.05) is 10.2 Å². The van der Waals surface area contributed by atoms with Gasteiger partial charge in [0, 0.05) is 33.8 Å². The molecule has 0 fully saturated rings. The molecule has 0 radical (unpaired) electrons. The molecule has 2 amide bonds. The highest BCUT2D eigenvalue weighted by molar-refractivity contribution is 6.35. The Hall–Kier alpha value is -2.70. The van der Waals surface area contributed by atoms with Crippen LogP contribution in [-0.2, 0) is 4.79 Å². The zero-order chi connectivity index (χ0) is 24.1. The van der Waals surface area contributed by atoms with Gasteiger partial charge in [-0.1, -0.05) is 49.2 Å². The number of benzene rings is 2. The molecular weight excluding hydrogens is 461 g/mol. The standard InChI is InChI=1S/C25H27Cl2N3O3/c1-13(2)28-24(33)30-18-6-5-7-19(31)22(18)29-17-11-25(3,4)12-20(32)21(17)23(30)15-9-8-14(26)10-16(15)27/h5-10,13,23,29,31H,11-12H2,1-4H3,(H,28,33). The Morgan fingerprint density at radius 1 is 1.21 bits per heavy atom. The zero-order valence-electron chi connectivity index (χ0n) is 19.0. The van der Waals surface area contributed by atoms with Crippen molar-refractivity contribution in [3.63, 3.8) is 0 Å². The van der Waals surface area contributed by atoms with Crippen molar-refractivity contribution in [3.8, 4) is 5.75 Å². The van der Waals surface area contributed by atoms with Gasteiger partial charge in [-0.05, 0) is 55.5 Å². The number of aromatic hydroxyl groups is 1. The van der Waals surface area contributed by atoms with Crippen LogP contribution in [0.3, 0.4) is 0 Å². The highest BCUT2D eigenvalue weighted by Gasteiger charge is 2.44. The number of rotatable bonds is 2. The molecule has 0 aromatic heterocycles. The highest BCUT2D eigenvalue weighted by Crippen LogP contribution is 2.51. The predicted octanol–water partition coefficient (Wildman–Crippen LogP) is 6.43. The molecule has 8 heteroatoms. The van der Waals surface area contributed by atoms with E-state index in [1.807, 2.05) is 27.7 Å². The van der Waals surface area contributed by atoms with Crippen molar-refractivity contribution in [2.24, 2.45) is 5.41 Å². The Morgan fingerprint density at radius 3 is 2.61 bits per heavy atom. The summed E-state index contributed by atoms with van der Waals surface area (Å²) in [5, 5.41) is 17.8. The van der Waals surface area contributed by atoms with E-state index in [9.17, 15) is 14.7 Å². The molecule has 0 spiro atoms. The summed E-state index contributed by atoms with van der Waals surface area (Å²) in [6.45, 7) is 7.78. The zero-order valence-corrected chi connectivity index (χ0v) is 20.5. The Labute approximate surface area is 203 Å². The van der Waals surface area contributed by atoms with Crippen LogP contribution in [0.4, 0.5) is 16.2 Å². The molecule has 1 aliphatic carbocycles. The van der Waals surface area contributed by atoms with Crippen LogP contribution in [0.2, 0.25) is 10.0 Å². The van der Waals surface area contributed by atoms with E-state index in [0.717, 1.165) is 0 Å². The van der Waals surface area contributed by atoms with Crippen LogP contribution in [0.5, 0.6) is 5.75 Å². The number of allylic oxidation sites excluding steroid dienone is 1. The lowest BCUT2D eigenvalue weighted by molar-refractivity contribution is -0.118. The van der Waals surface area contributed by atoms with Crippen LogP contribution in [0.25, 0.3) is 0 Å². The molecule has 2 aromatic rings. The van der Waals surface area contributed by atoms with Gasteiger partial charge >= 0.3 is 6.03 Å². The molecule has 3 N–H and O–H groups in total. The minimum absolute atomic E-state index is 0.0135. The first kappa shape index (κ1) is 23.5. The Balaban J connectivity index is 2.05. The number of carbonyl (C=O) groups excluding carboxylic acids is 2. The maximum Gasteiger partial charge on any atom is 0.323 e. The molecule has 1 aliphatic heterocycles. The SMILES string of the molecule is CC(C)NC(=O)N1c2cccc(O)c2NC2=C(C(=O)CC(C)(C)C2)C1c1ccc(Cl)cc1Cl. The van der Waals surface area contributed by atoms with Gasteiger partial charge in [0.1, 0.15) is 11.4 Å². The third-order valence-electron chi connectivity index (χ3n) is 5.90. The lowest BCUT2D eigenvalue weighted by atomic mass is 9.73. The van der Waals surface area contributed by atoms with E-state index in [1.54, 1.807) is 36.4 Å². The largest absolute Gasteiger partial charge is 0.506 e. The fraction of sp³-hybridized carbons (Fsp3) is 0.360. The lowest BCUT2D eigenvalue weighted by Crippen LogP contribution is -2.46. The van der Waals surface area contributed by atoms with Crippen molar-refractivity contribution in [2.45, 2.75) is 52.6 Å². The number of Topliss-reactive ketones (excluding diaryl/α,β-unsaturated/α-hetero) is 1. The average molecular weight is 488 g/mol. The quantitative estimate of drug-likeness (QED) is 0.426. The number of hydrogen-bond donors (Lipinski definition) is 3.